The Labute approximate surface area is 192 Å². The minimum atomic E-state index is 0.455. The summed E-state index contributed by atoms with van der Waals surface area (Å²) in [5.41, 5.74) is 8.84. The van der Waals surface area contributed by atoms with Gasteiger partial charge < -0.3 is 9.72 Å². The highest BCUT2D eigenvalue weighted by molar-refractivity contribution is 5.92. The number of pyridine rings is 1. The molecule has 2 aromatic heterocycles. The lowest BCUT2D eigenvalue weighted by Gasteiger charge is -2.39. The van der Waals surface area contributed by atoms with E-state index in [9.17, 15) is 0 Å². The van der Waals surface area contributed by atoms with E-state index in [-0.39, 0.29) is 0 Å². The third-order valence-corrected chi connectivity index (χ3v) is 7.46. The molecule has 2 fully saturated rings. The Bertz CT molecular complexity index is 1070. The average Bonchev–Trinajstić information content (AvgIpc) is 3.18. The zero-order valence-electron chi connectivity index (χ0n) is 20.1. The summed E-state index contributed by atoms with van der Waals surface area (Å²) in [6.07, 6.45) is 5.01. The average molecular weight is 432 g/mol. The van der Waals surface area contributed by atoms with Gasteiger partial charge in [0.05, 0.1) is 12.3 Å². The SMILES string of the molecule is Cc1cc(-c2[nH]c3ccc(C4CCN(C5CCCOC5)CC4)cc3c2C(C)C)cc(C)n1. The molecule has 2 aliphatic rings. The van der Waals surface area contributed by atoms with E-state index >= 15 is 0 Å². The molecule has 0 bridgehead atoms. The number of aromatic nitrogens is 2. The number of likely N-dealkylation sites (tertiary alicyclic amines) is 1. The molecule has 1 atom stereocenters. The van der Waals surface area contributed by atoms with Crippen LogP contribution in [-0.2, 0) is 4.74 Å². The Morgan fingerprint density at radius 3 is 2.44 bits per heavy atom. The molecule has 1 aromatic carbocycles. The van der Waals surface area contributed by atoms with Gasteiger partial charge in [-0.1, -0.05) is 19.9 Å². The summed E-state index contributed by atoms with van der Waals surface area (Å²) in [6.45, 7) is 13.0. The second kappa shape index (κ2) is 8.99. The molecule has 2 aliphatic heterocycles. The van der Waals surface area contributed by atoms with E-state index in [0.717, 1.165) is 24.6 Å². The number of rotatable bonds is 4. The van der Waals surface area contributed by atoms with Crippen LogP contribution in [0, 0.1) is 13.8 Å². The van der Waals surface area contributed by atoms with Crippen LogP contribution in [0.3, 0.4) is 0 Å². The lowest BCUT2D eigenvalue weighted by atomic mass is 9.87. The number of fused-ring (bicyclic) bond motifs is 1. The molecule has 4 heterocycles. The Morgan fingerprint density at radius 2 is 1.78 bits per heavy atom. The number of nitrogens with zero attached hydrogens (tertiary/aromatic N) is 2. The highest BCUT2D eigenvalue weighted by atomic mass is 16.5. The van der Waals surface area contributed by atoms with Gasteiger partial charge in [0.2, 0.25) is 0 Å². The van der Waals surface area contributed by atoms with E-state index < -0.39 is 0 Å². The monoisotopic (exact) mass is 431 g/mol. The first-order chi connectivity index (χ1) is 15.5. The smallest absolute Gasteiger partial charge is 0.0621 e. The Hall–Kier alpha value is -2.17. The first kappa shape index (κ1) is 21.7. The molecule has 0 spiro atoms. The van der Waals surface area contributed by atoms with Gasteiger partial charge in [-0.3, -0.25) is 9.88 Å². The highest BCUT2D eigenvalue weighted by Crippen LogP contribution is 2.38. The molecule has 0 radical (unpaired) electrons. The van der Waals surface area contributed by atoms with E-state index in [0.29, 0.717) is 17.9 Å². The number of hydrogen-bond acceptors (Lipinski definition) is 3. The van der Waals surface area contributed by atoms with Gasteiger partial charge in [-0.25, -0.2) is 0 Å². The van der Waals surface area contributed by atoms with Crippen molar-refractivity contribution in [2.24, 2.45) is 0 Å². The van der Waals surface area contributed by atoms with Crippen LogP contribution in [-0.4, -0.2) is 47.2 Å². The molecule has 0 saturated carbocycles. The first-order valence-electron chi connectivity index (χ1n) is 12.4. The van der Waals surface area contributed by atoms with Gasteiger partial charge in [-0.2, -0.15) is 0 Å². The predicted molar refractivity (Wildman–Crippen MR) is 132 cm³/mol. The number of aryl methyl sites for hydroxylation is 2. The lowest BCUT2D eigenvalue weighted by molar-refractivity contribution is 0.00886. The summed E-state index contributed by atoms with van der Waals surface area (Å²) in [5, 5.41) is 1.39. The van der Waals surface area contributed by atoms with Gasteiger partial charge in [0.25, 0.3) is 0 Å². The van der Waals surface area contributed by atoms with E-state index in [1.54, 1.807) is 0 Å². The number of aromatic amines is 1. The summed E-state index contributed by atoms with van der Waals surface area (Å²) in [5.74, 6) is 1.11. The van der Waals surface area contributed by atoms with Crippen LogP contribution in [0.2, 0.25) is 0 Å². The van der Waals surface area contributed by atoms with E-state index in [1.165, 1.54) is 72.1 Å². The number of ether oxygens (including phenoxy) is 1. The summed E-state index contributed by atoms with van der Waals surface area (Å²) in [6, 6.07) is 12.2. The van der Waals surface area contributed by atoms with Gasteiger partial charge in [0, 0.05) is 40.5 Å². The van der Waals surface area contributed by atoms with Gasteiger partial charge >= 0.3 is 0 Å². The Morgan fingerprint density at radius 1 is 1.03 bits per heavy atom. The van der Waals surface area contributed by atoms with Crippen molar-refractivity contribution < 1.29 is 4.74 Å². The van der Waals surface area contributed by atoms with E-state index in [1.807, 2.05) is 0 Å². The van der Waals surface area contributed by atoms with Gasteiger partial charge in [-0.15, -0.1) is 0 Å². The number of hydrogen-bond donors (Lipinski definition) is 1. The zero-order valence-corrected chi connectivity index (χ0v) is 20.1. The third kappa shape index (κ3) is 4.23. The van der Waals surface area contributed by atoms with E-state index in [4.69, 9.17) is 4.74 Å². The summed E-state index contributed by atoms with van der Waals surface area (Å²) < 4.78 is 5.73. The van der Waals surface area contributed by atoms with Crippen LogP contribution < -0.4 is 0 Å². The maximum absolute atomic E-state index is 5.73. The fraction of sp³-hybridized carbons (Fsp3) is 0.536. The topological polar surface area (TPSA) is 41.2 Å². The fourth-order valence-corrected chi connectivity index (χ4v) is 5.90. The summed E-state index contributed by atoms with van der Waals surface area (Å²) in [4.78, 5) is 11.0. The highest BCUT2D eigenvalue weighted by Gasteiger charge is 2.28. The normalized spacial score (nSPS) is 21.0. The number of nitrogens with one attached hydrogen (secondary N) is 1. The van der Waals surface area contributed by atoms with Crippen molar-refractivity contribution in [2.45, 2.75) is 71.3 Å². The molecule has 1 N–H and O–H groups in total. The second-order valence-electron chi connectivity index (χ2n) is 10.2. The maximum atomic E-state index is 5.73. The molecule has 4 heteroatoms. The molecular weight excluding hydrogens is 394 g/mol. The van der Waals surface area contributed by atoms with Crippen molar-refractivity contribution in [3.63, 3.8) is 0 Å². The van der Waals surface area contributed by atoms with Crippen LogP contribution in [0.15, 0.2) is 30.3 Å². The maximum Gasteiger partial charge on any atom is 0.0621 e. The van der Waals surface area contributed by atoms with Gasteiger partial charge in [0.1, 0.15) is 0 Å². The molecular formula is C28H37N3O. The zero-order chi connectivity index (χ0) is 22.2. The van der Waals surface area contributed by atoms with Gasteiger partial charge in [0.15, 0.2) is 0 Å². The van der Waals surface area contributed by atoms with Crippen molar-refractivity contribution in [1.29, 1.82) is 0 Å². The predicted octanol–water partition coefficient (Wildman–Crippen LogP) is 6.33. The fourth-order valence-electron chi connectivity index (χ4n) is 5.90. The van der Waals surface area contributed by atoms with Crippen LogP contribution >= 0.6 is 0 Å². The molecule has 2 saturated heterocycles. The molecule has 170 valence electrons. The Kier molecular flexibility index (Phi) is 6.09. The first-order valence-corrected chi connectivity index (χ1v) is 12.4. The molecule has 1 unspecified atom stereocenters. The van der Waals surface area contributed by atoms with Gasteiger partial charge in [-0.05, 0) is 99.8 Å². The largest absolute Gasteiger partial charge is 0.380 e. The molecule has 0 amide bonds. The number of H-pyrrole nitrogens is 1. The second-order valence-corrected chi connectivity index (χ2v) is 10.2. The quantitative estimate of drug-likeness (QED) is 0.525. The molecule has 3 aromatic rings. The molecule has 0 aliphatic carbocycles. The number of piperidine rings is 1. The van der Waals surface area contributed by atoms with Crippen molar-refractivity contribution >= 4 is 10.9 Å². The van der Waals surface area contributed by atoms with Crippen molar-refractivity contribution in [1.82, 2.24) is 14.9 Å². The summed E-state index contributed by atoms with van der Waals surface area (Å²) in [7, 11) is 0. The van der Waals surface area contributed by atoms with Crippen LogP contribution in [0.4, 0.5) is 0 Å². The molecule has 32 heavy (non-hydrogen) atoms. The lowest BCUT2D eigenvalue weighted by Crippen LogP contribution is -2.45. The minimum Gasteiger partial charge on any atom is -0.380 e. The molecule has 4 nitrogen and oxygen atoms in total. The van der Waals surface area contributed by atoms with Crippen molar-refractivity contribution in [3.05, 3.63) is 52.8 Å². The van der Waals surface area contributed by atoms with E-state index in [2.05, 4.69) is 72.9 Å². The van der Waals surface area contributed by atoms with Crippen LogP contribution in [0.1, 0.15) is 73.9 Å². The standard InChI is InChI=1S/C28H37N3O/c1-18(2)27-25-16-22(21-9-11-31(12-10-21)24-6-5-13-32-17-24)7-8-26(25)30-28(27)23-14-19(3)29-20(4)15-23/h7-8,14-16,18,21,24,30H,5-6,9-13,17H2,1-4H3. The van der Waals surface area contributed by atoms with Crippen molar-refractivity contribution in [2.75, 3.05) is 26.3 Å². The van der Waals surface area contributed by atoms with Crippen LogP contribution in [0.25, 0.3) is 22.2 Å². The van der Waals surface area contributed by atoms with Crippen molar-refractivity contribution in [3.8, 4) is 11.3 Å². The van der Waals surface area contributed by atoms with Crippen LogP contribution in [0.5, 0.6) is 0 Å². The summed E-state index contributed by atoms with van der Waals surface area (Å²) >= 11 is 0. The Balaban J connectivity index is 1.43. The minimum absolute atomic E-state index is 0.455. The number of benzene rings is 1. The molecule has 5 rings (SSSR count). The third-order valence-electron chi connectivity index (χ3n) is 7.46.